The first kappa shape index (κ1) is 13.4. The van der Waals surface area contributed by atoms with Gasteiger partial charge in [0, 0.05) is 11.1 Å². The highest BCUT2D eigenvalue weighted by Gasteiger charge is 2.24. The fourth-order valence-corrected chi connectivity index (χ4v) is 2.34. The van der Waals surface area contributed by atoms with Gasteiger partial charge < -0.3 is 15.2 Å². The molecule has 1 aliphatic heterocycles. The maximum Gasteiger partial charge on any atom is 0.165 e. The Morgan fingerprint density at radius 3 is 2.90 bits per heavy atom. The van der Waals surface area contributed by atoms with Crippen LogP contribution in [0.3, 0.4) is 0 Å². The molecule has 1 atom stereocenters. The number of amidine groups is 1. The van der Waals surface area contributed by atoms with Gasteiger partial charge in [-0.05, 0) is 24.3 Å². The van der Waals surface area contributed by atoms with Crippen molar-refractivity contribution in [2.45, 2.75) is 5.92 Å². The second-order valence-corrected chi connectivity index (χ2v) is 4.92. The number of nitrogen functional groups attached to an aromatic ring is 1. The number of benzene rings is 2. The van der Waals surface area contributed by atoms with Crippen LogP contribution in [0.5, 0.6) is 11.5 Å². The first-order valence-electron chi connectivity index (χ1n) is 6.63. The zero-order valence-electron chi connectivity index (χ0n) is 11.3. The van der Waals surface area contributed by atoms with Crippen molar-refractivity contribution in [3.63, 3.8) is 0 Å². The quantitative estimate of drug-likeness (QED) is 0.670. The molecule has 0 saturated carbocycles. The van der Waals surface area contributed by atoms with Crippen molar-refractivity contribution in [2.75, 3.05) is 13.2 Å². The molecule has 1 aliphatic rings. The zero-order valence-corrected chi connectivity index (χ0v) is 11.3. The van der Waals surface area contributed by atoms with E-state index in [9.17, 15) is 4.39 Å². The third-order valence-electron chi connectivity index (χ3n) is 3.48. The van der Waals surface area contributed by atoms with E-state index < -0.39 is 5.82 Å². The van der Waals surface area contributed by atoms with E-state index in [0.717, 1.165) is 11.3 Å². The molecule has 0 saturated heterocycles. The summed E-state index contributed by atoms with van der Waals surface area (Å²) in [5.41, 5.74) is 6.74. The average molecular weight is 286 g/mol. The van der Waals surface area contributed by atoms with Gasteiger partial charge in [0.05, 0.1) is 19.1 Å². The number of nitrogens with two attached hydrogens (primary N) is 1. The Hall–Kier alpha value is -2.56. The molecule has 2 aromatic carbocycles. The van der Waals surface area contributed by atoms with Crippen LogP contribution >= 0.6 is 0 Å². The molecule has 1 unspecified atom stereocenters. The van der Waals surface area contributed by atoms with Gasteiger partial charge in [0.25, 0.3) is 0 Å². The number of fused-ring (bicyclic) bond motifs is 1. The van der Waals surface area contributed by atoms with Crippen LogP contribution in [0.2, 0.25) is 0 Å². The number of ether oxygens (including phenoxy) is 2. The fraction of sp³-hybridized carbons (Fsp3) is 0.188. The van der Waals surface area contributed by atoms with Crippen LogP contribution in [0.15, 0.2) is 42.5 Å². The Morgan fingerprint density at radius 1 is 1.33 bits per heavy atom. The Labute approximate surface area is 121 Å². The van der Waals surface area contributed by atoms with Crippen LogP contribution in [0.4, 0.5) is 4.39 Å². The summed E-state index contributed by atoms with van der Waals surface area (Å²) < 4.78 is 25.0. The van der Waals surface area contributed by atoms with Gasteiger partial charge in [-0.3, -0.25) is 5.41 Å². The van der Waals surface area contributed by atoms with Crippen molar-refractivity contribution < 1.29 is 13.9 Å². The average Bonchev–Trinajstić information content (AvgIpc) is 2.89. The summed E-state index contributed by atoms with van der Waals surface area (Å²) in [5, 5.41) is 7.28. The Kier molecular flexibility index (Phi) is 3.48. The van der Waals surface area contributed by atoms with Gasteiger partial charge in [-0.1, -0.05) is 18.2 Å². The molecule has 0 fully saturated rings. The van der Waals surface area contributed by atoms with Gasteiger partial charge in [-0.15, -0.1) is 0 Å². The number of para-hydroxylation sites is 1. The molecule has 0 spiro atoms. The van der Waals surface area contributed by atoms with Crippen molar-refractivity contribution in [3.8, 4) is 11.5 Å². The van der Waals surface area contributed by atoms with E-state index in [4.69, 9.17) is 20.6 Å². The van der Waals surface area contributed by atoms with Gasteiger partial charge in [0.15, 0.2) is 11.6 Å². The first-order valence-corrected chi connectivity index (χ1v) is 6.63. The summed E-state index contributed by atoms with van der Waals surface area (Å²) in [6.07, 6.45) is 0. The van der Waals surface area contributed by atoms with Crippen LogP contribution in [0, 0.1) is 11.2 Å². The predicted molar refractivity (Wildman–Crippen MR) is 77.6 cm³/mol. The van der Waals surface area contributed by atoms with Crippen LogP contribution in [0.25, 0.3) is 0 Å². The SMILES string of the molecule is N=C(N)c1ccc(OCC2COc3ccccc32)c(F)c1. The molecular formula is C16H15FN2O2. The lowest BCUT2D eigenvalue weighted by molar-refractivity contribution is 0.241. The molecule has 108 valence electrons. The monoisotopic (exact) mass is 286 g/mol. The standard InChI is InChI=1S/C16H15FN2O2/c17-13-7-10(16(18)19)5-6-15(13)21-9-11-8-20-14-4-2-1-3-12(11)14/h1-7,11H,8-9H2,(H3,18,19). The highest BCUT2D eigenvalue weighted by atomic mass is 19.1. The molecule has 0 aliphatic carbocycles. The van der Waals surface area contributed by atoms with E-state index in [1.807, 2.05) is 24.3 Å². The van der Waals surface area contributed by atoms with E-state index in [2.05, 4.69) is 0 Å². The topological polar surface area (TPSA) is 68.3 Å². The lowest BCUT2D eigenvalue weighted by Gasteiger charge is -2.12. The fourth-order valence-electron chi connectivity index (χ4n) is 2.34. The lowest BCUT2D eigenvalue weighted by atomic mass is 10.0. The highest BCUT2D eigenvalue weighted by Crippen LogP contribution is 2.34. The van der Waals surface area contributed by atoms with Crippen molar-refractivity contribution >= 4 is 5.84 Å². The van der Waals surface area contributed by atoms with Gasteiger partial charge in [0.2, 0.25) is 0 Å². The minimum atomic E-state index is -0.519. The third-order valence-corrected chi connectivity index (χ3v) is 3.48. The molecule has 0 bridgehead atoms. The third kappa shape index (κ3) is 2.67. The molecule has 0 aromatic heterocycles. The van der Waals surface area contributed by atoms with Crippen molar-refractivity contribution in [1.82, 2.24) is 0 Å². The largest absolute Gasteiger partial charge is 0.493 e. The van der Waals surface area contributed by atoms with E-state index >= 15 is 0 Å². The minimum Gasteiger partial charge on any atom is -0.493 e. The number of rotatable bonds is 4. The first-order chi connectivity index (χ1) is 10.1. The molecule has 5 heteroatoms. The van der Waals surface area contributed by atoms with Crippen molar-refractivity contribution in [3.05, 3.63) is 59.4 Å². The number of nitrogens with one attached hydrogen (secondary N) is 1. The summed E-state index contributed by atoms with van der Waals surface area (Å²) >= 11 is 0. The second kappa shape index (κ2) is 5.44. The van der Waals surface area contributed by atoms with E-state index in [0.29, 0.717) is 18.8 Å². The van der Waals surface area contributed by atoms with Crippen LogP contribution in [-0.4, -0.2) is 19.0 Å². The zero-order chi connectivity index (χ0) is 14.8. The second-order valence-electron chi connectivity index (χ2n) is 4.92. The summed E-state index contributed by atoms with van der Waals surface area (Å²) in [7, 11) is 0. The highest BCUT2D eigenvalue weighted by molar-refractivity contribution is 5.95. The molecule has 3 N–H and O–H groups in total. The molecule has 4 nitrogen and oxygen atoms in total. The lowest BCUT2D eigenvalue weighted by Crippen LogP contribution is -2.14. The summed E-state index contributed by atoms with van der Waals surface area (Å²) in [6.45, 7) is 0.875. The molecular weight excluding hydrogens is 271 g/mol. The smallest absolute Gasteiger partial charge is 0.165 e. The normalized spacial score (nSPS) is 16.1. The number of hydrogen-bond acceptors (Lipinski definition) is 3. The summed E-state index contributed by atoms with van der Waals surface area (Å²) in [5.74, 6) is 0.421. The van der Waals surface area contributed by atoms with Gasteiger partial charge in [-0.2, -0.15) is 0 Å². The maximum absolute atomic E-state index is 13.9. The van der Waals surface area contributed by atoms with Gasteiger partial charge in [-0.25, -0.2) is 4.39 Å². The number of hydrogen-bond donors (Lipinski definition) is 2. The summed E-state index contributed by atoms with van der Waals surface area (Å²) in [6, 6.07) is 12.0. The Morgan fingerprint density at radius 2 is 2.14 bits per heavy atom. The van der Waals surface area contributed by atoms with E-state index in [-0.39, 0.29) is 17.5 Å². The molecule has 0 amide bonds. The van der Waals surface area contributed by atoms with Crippen LogP contribution in [-0.2, 0) is 0 Å². The molecule has 2 aromatic rings. The Balaban J connectivity index is 1.70. The molecule has 21 heavy (non-hydrogen) atoms. The van der Waals surface area contributed by atoms with Gasteiger partial charge in [0.1, 0.15) is 11.6 Å². The van der Waals surface area contributed by atoms with Crippen LogP contribution < -0.4 is 15.2 Å². The van der Waals surface area contributed by atoms with Gasteiger partial charge >= 0.3 is 0 Å². The predicted octanol–water partition coefficient (Wildman–Crippen LogP) is 2.66. The van der Waals surface area contributed by atoms with E-state index in [1.165, 1.54) is 12.1 Å². The van der Waals surface area contributed by atoms with Crippen LogP contribution in [0.1, 0.15) is 17.0 Å². The molecule has 3 rings (SSSR count). The van der Waals surface area contributed by atoms with Crippen molar-refractivity contribution in [2.24, 2.45) is 5.73 Å². The summed E-state index contributed by atoms with van der Waals surface area (Å²) in [4.78, 5) is 0. The minimum absolute atomic E-state index is 0.0908. The van der Waals surface area contributed by atoms with E-state index in [1.54, 1.807) is 6.07 Å². The molecule has 0 radical (unpaired) electrons. The maximum atomic E-state index is 13.9. The molecule has 1 heterocycles. The van der Waals surface area contributed by atoms with Crippen molar-refractivity contribution in [1.29, 1.82) is 5.41 Å². The number of halogens is 1. The Bertz CT molecular complexity index is 688.